The Kier molecular flexibility index (Phi) is 4.19. The molecular formula is C17H18O. The van der Waals surface area contributed by atoms with E-state index in [9.17, 15) is 0 Å². The molecule has 2 aromatic rings. The van der Waals surface area contributed by atoms with Gasteiger partial charge in [0.25, 0.3) is 0 Å². The van der Waals surface area contributed by atoms with Gasteiger partial charge in [-0.1, -0.05) is 53.6 Å². The van der Waals surface area contributed by atoms with Crippen LogP contribution >= 0.6 is 0 Å². The number of hydrogen-bond acceptors (Lipinski definition) is 1. The Hall–Kier alpha value is -2.02. The van der Waals surface area contributed by atoms with E-state index in [4.69, 9.17) is 4.74 Å². The van der Waals surface area contributed by atoms with Crippen molar-refractivity contribution in [3.63, 3.8) is 0 Å². The van der Waals surface area contributed by atoms with Crippen LogP contribution in [-0.2, 0) is 0 Å². The van der Waals surface area contributed by atoms with Crippen molar-refractivity contribution in [1.29, 1.82) is 0 Å². The first kappa shape index (κ1) is 12.4. The van der Waals surface area contributed by atoms with Crippen molar-refractivity contribution in [2.24, 2.45) is 0 Å². The quantitative estimate of drug-likeness (QED) is 0.767. The fourth-order valence-corrected chi connectivity index (χ4v) is 1.74. The van der Waals surface area contributed by atoms with E-state index in [1.54, 1.807) is 0 Å². The van der Waals surface area contributed by atoms with Gasteiger partial charge >= 0.3 is 0 Å². The van der Waals surface area contributed by atoms with E-state index >= 15 is 0 Å². The van der Waals surface area contributed by atoms with Crippen LogP contribution in [0.3, 0.4) is 0 Å². The number of benzene rings is 2. The molecule has 0 spiro atoms. The Labute approximate surface area is 109 Å². The minimum absolute atomic E-state index is 0.594. The maximum Gasteiger partial charge on any atom is 0.119 e. The van der Waals surface area contributed by atoms with Gasteiger partial charge in [-0.2, -0.15) is 0 Å². The molecule has 0 saturated heterocycles. The third kappa shape index (κ3) is 3.77. The highest BCUT2D eigenvalue weighted by Crippen LogP contribution is 2.11. The van der Waals surface area contributed by atoms with Gasteiger partial charge in [0.2, 0.25) is 0 Å². The second-order valence-electron chi connectivity index (χ2n) is 4.44. The minimum atomic E-state index is 0.594. The van der Waals surface area contributed by atoms with Crippen LogP contribution < -0.4 is 4.74 Å². The summed E-state index contributed by atoms with van der Waals surface area (Å²) in [5.74, 6) is 0.912. The van der Waals surface area contributed by atoms with Gasteiger partial charge in [-0.25, -0.2) is 0 Å². The van der Waals surface area contributed by atoms with Gasteiger partial charge in [-0.05, 0) is 37.6 Å². The van der Waals surface area contributed by atoms with E-state index in [1.165, 1.54) is 16.7 Å². The van der Waals surface area contributed by atoms with E-state index in [0.29, 0.717) is 6.61 Å². The molecule has 18 heavy (non-hydrogen) atoms. The summed E-state index contributed by atoms with van der Waals surface area (Å²) in [7, 11) is 0. The molecule has 1 heteroatoms. The summed E-state index contributed by atoms with van der Waals surface area (Å²) in [5.41, 5.74) is 3.73. The van der Waals surface area contributed by atoms with E-state index in [0.717, 1.165) is 5.75 Å². The van der Waals surface area contributed by atoms with Crippen molar-refractivity contribution >= 4 is 6.08 Å². The molecule has 0 N–H and O–H groups in total. The Morgan fingerprint density at radius 2 is 1.72 bits per heavy atom. The van der Waals surface area contributed by atoms with Crippen molar-refractivity contribution in [3.8, 4) is 5.75 Å². The zero-order chi connectivity index (χ0) is 12.8. The Morgan fingerprint density at radius 3 is 2.44 bits per heavy atom. The van der Waals surface area contributed by atoms with Gasteiger partial charge < -0.3 is 4.74 Å². The normalized spacial score (nSPS) is 10.8. The fraction of sp³-hybridized carbons (Fsp3) is 0.176. The summed E-state index contributed by atoms with van der Waals surface area (Å²) >= 11 is 0. The third-order valence-electron chi connectivity index (χ3n) is 2.72. The monoisotopic (exact) mass is 238 g/mol. The van der Waals surface area contributed by atoms with Crippen LogP contribution in [-0.4, -0.2) is 6.61 Å². The Balaban J connectivity index is 1.87. The standard InChI is InChI=1S/C17H18O/c1-14-8-10-17(11-9-14)18-12-4-7-16-6-3-5-15(2)13-16/h3-11,13H,12H2,1-2H3/b7-4+. The molecule has 0 amide bonds. The molecule has 2 rings (SSSR count). The zero-order valence-corrected chi connectivity index (χ0v) is 10.9. The van der Waals surface area contributed by atoms with Gasteiger partial charge in [0.15, 0.2) is 0 Å². The minimum Gasteiger partial charge on any atom is -0.490 e. The van der Waals surface area contributed by atoms with Crippen LogP contribution in [0.2, 0.25) is 0 Å². The topological polar surface area (TPSA) is 9.23 Å². The maximum absolute atomic E-state index is 5.63. The lowest BCUT2D eigenvalue weighted by Crippen LogP contribution is -1.92. The van der Waals surface area contributed by atoms with Crippen LogP contribution in [0.5, 0.6) is 5.75 Å². The fourth-order valence-electron chi connectivity index (χ4n) is 1.74. The summed E-state index contributed by atoms with van der Waals surface area (Å²) in [6.45, 7) is 4.76. The lowest BCUT2D eigenvalue weighted by molar-refractivity contribution is 0.363. The van der Waals surface area contributed by atoms with Crippen LogP contribution in [0.1, 0.15) is 16.7 Å². The highest BCUT2D eigenvalue weighted by Gasteiger charge is 1.91. The molecule has 1 nitrogen and oxygen atoms in total. The second-order valence-corrected chi connectivity index (χ2v) is 4.44. The molecule has 0 bridgehead atoms. The molecule has 0 unspecified atom stereocenters. The van der Waals surface area contributed by atoms with E-state index in [1.807, 2.05) is 18.2 Å². The third-order valence-corrected chi connectivity index (χ3v) is 2.72. The summed E-state index contributed by atoms with van der Waals surface area (Å²) in [6.07, 6.45) is 4.12. The van der Waals surface area contributed by atoms with Gasteiger partial charge in [-0.3, -0.25) is 0 Å². The van der Waals surface area contributed by atoms with Gasteiger partial charge in [0.1, 0.15) is 12.4 Å². The van der Waals surface area contributed by atoms with E-state index in [-0.39, 0.29) is 0 Å². The molecule has 2 aromatic carbocycles. The lowest BCUT2D eigenvalue weighted by Gasteiger charge is -2.03. The van der Waals surface area contributed by atoms with Crippen molar-refractivity contribution in [2.75, 3.05) is 6.61 Å². The molecule has 0 aromatic heterocycles. The summed E-state index contributed by atoms with van der Waals surface area (Å²) in [6, 6.07) is 16.5. The maximum atomic E-state index is 5.63. The first-order chi connectivity index (χ1) is 8.74. The lowest BCUT2D eigenvalue weighted by atomic mass is 10.1. The number of rotatable bonds is 4. The predicted octanol–water partition coefficient (Wildman–Crippen LogP) is 4.40. The van der Waals surface area contributed by atoms with Crippen LogP contribution in [0.15, 0.2) is 54.6 Å². The van der Waals surface area contributed by atoms with Gasteiger partial charge in [0.05, 0.1) is 0 Å². The highest BCUT2D eigenvalue weighted by molar-refractivity contribution is 5.50. The predicted molar refractivity (Wildman–Crippen MR) is 76.9 cm³/mol. The van der Waals surface area contributed by atoms with Crippen molar-refractivity contribution < 1.29 is 4.74 Å². The molecule has 0 aliphatic carbocycles. The largest absolute Gasteiger partial charge is 0.490 e. The first-order valence-corrected chi connectivity index (χ1v) is 6.17. The van der Waals surface area contributed by atoms with Crippen LogP contribution in [0, 0.1) is 13.8 Å². The van der Waals surface area contributed by atoms with Crippen molar-refractivity contribution in [1.82, 2.24) is 0 Å². The summed E-state index contributed by atoms with van der Waals surface area (Å²) in [5, 5.41) is 0. The summed E-state index contributed by atoms with van der Waals surface area (Å²) < 4.78 is 5.63. The SMILES string of the molecule is Cc1ccc(OC/C=C/c2cccc(C)c2)cc1. The second kappa shape index (κ2) is 6.06. The molecule has 0 fully saturated rings. The van der Waals surface area contributed by atoms with Crippen molar-refractivity contribution in [2.45, 2.75) is 13.8 Å². The Bertz CT molecular complexity index is 524. The van der Waals surface area contributed by atoms with Crippen LogP contribution in [0.25, 0.3) is 6.08 Å². The van der Waals surface area contributed by atoms with Crippen molar-refractivity contribution in [3.05, 3.63) is 71.3 Å². The molecule has 92 valence electrons. The highest BCUT2D eigenvalue weighted by atomic mass is 16.5. The number of hydrogen-bond donors (Lipinski definition) is 0. The van der Waals surface area contributed by atoms with E-state index in [2.05, 4.69) is 56.3 Å². The molecule has 0 atom stereocenters. The molecular weight excluding hydrogens is 220 g/mol. The van der Waals surface area contributed by atoms with Gasteiger partial charge in [0, 0.05) is 0 Å². The molecule has 0 aliphatic heterocycles. The Morgan fingerprint density at radius 1 is 0.944 bits per heavy atom. The smallest absolute Gasteiger partial charge is 0.119 e. The number of ether oxygens (including phenoxy) is 1. The van der Waals surface area contributed by atoms with Gasteiger partial charge in [-0.15, -0.1) is 0 Å². The first-order valence-electron chi connectivity index (χ1n) is 6.17. The molecule has 0 heterocycles. The number of aryl methyl sites for hydroxylation is 2. The average molecular weight is 238 g/mol. The van der Waals surface area contributed by atoms with E-state index < -0.39 is 0 Å². The zero-order valence-electron chi connectivity index (χ0n) is 10.9. The molecule has 0 saturated carbocycles. The average Bonchev–Trinajstić information content (AvgIpc) is 2.37. The molecule has 0 radical (unpaired) electrons. The molecule has 0 aliphatic rings. The summed E-state index contributed by atoms with van der Waals surface area (Å²) in [4.78, 5) is 0. The van der Waals surface area contributed by atoms with Crippen LogP contribution in [0.4, 0.5) is 0 Å².